The number of anilines is 1. The third-order valence-corrected chi connectivity index (χ3v) is 3.72. The Hall–Kier alpha value is -2.35. The molecule has 0 fully saturated rings. The van der Waals surface area contributed by atoms with Crippen LogP contribution in [0.4, 0.5) is 18.9 Å². The van der Waals surface area contributed by atoms with Crippen molar-refractivity contribution in [3.05, 3.63) is 63.6 Å². The highest BCUT2D eigenvalue weighted by molar-refractivity contribution is 9.10. The molecule has 0 aliphatic carbocycles. The van der Waals surface area contributed by atoms with E-state index in [4.69, 9.17) is 4.74 Å². The summed E-state index contributed by atoms with van der Waals surface area (Å²) in [7, 11) is 0. The van der Waals surface area contributed by atoms with Crippen molar-refractivity contribution >= 4 is 33.5 Å². The summed E-state index contributed by atoms with van der Waals surface area (Å²) < 4.78 is 43.5. The molecule has 0 saturated heterocycles. The molecule has 0 heterocycles. The van der Waals surface area contributed by atoms with Crippen molar-refractivity contribution in [3.8, 4) is 0 Å². The molecule has 0 unspecified atom stereocenters. The molecule has 132 valence electrons. The van der Waals surface area contributed by atoms with E-state index in [2.05, 4.69) is 21.2 Å². The highest BCUT2D eigenvalue weighted by Gasteiger charge is 2.31. The molecule has 0 aromatic heterocycles. The van der Waals surface area contributed by atoms with Crippen molar-refractivity contribution in [2.24, 2.45) is 0 Å². The van der Waals surface area contributed by atoms with Gasteiger partial charge in [-0.1, -0.05) is 22.0 Å². The first-order valence-corrected chi connectivity index (χ1v) is 7.86. The van der Waals surface area contributed by atoms with Crippen molar-refractivity contribution in [1.82, 2.24) is 0 Å². The van der Waals surface area contributed by atoms with E-state index in [9.17, 15) is 22.8 Å². The first kappa shape index (κ1) is 19.0. The second-order valence-electron chi connectivity index (χ2n) is 5.16. The summed E-state index contributed by atoms with van der Waals surface area (Å²) in [6.45, 7) is 1.18. The van der Waals surface area contributed by atoms with Crippen LogP contribution in [0.5, 0.6) is 0 Å². The van der Waals surface area contributed by atoms with Crippen molar-refractivity contribution in [3.63, 3.8) is 0 Å². The summed E-state index contributed by atoms with van der Waals surface area (Å²) in [5.74, 6) is -1.60. The number of carbonyl (C=O) groups excluding carboxylic acids is 2. The predicted molar refractivity (Wildman–Crippen MR) is 89.2 cm³/mol. The van der Waals surface area contributed by atoms with Gasteiger partial charge in [0.1, 0.15) is 0 Å². The third kappa shape index (κ3) is 5.32. The number of halogens is 4. The van der Waals surface area contributed by atoms with Crippen LogP contribution in [0, 0.1) is 6.92 Å². The van der Waals surface area contributed by atoms with E-state index in [0.717, 1.165) is 22.2 Å². The average molecular weight is 416 g/mol. The molecule has 2 aromatic rings. The number of ether oxygens (including phenoxy) is 1. The molecule has 0 atom stereocenters. The second-order valence-corrected chi connectivity index (χ2v) is 6.08. The van der Waals surface area contributed by atoms with Crippen LogP contribution in [0.3, 0.4) is 0 Å². The molecule has 1 N–H and O–H groups in total. The van der Waals surface area contributed by atoms with Crippen LogP contribution >= 0.6 is 15.9 Å². The molecule has 0 aliphatic rings. The Balaban J connectivity index is 1.96. The SMILES string of the molecule is Cc1cc(Br)ccc1NC(=O)COC(=O)c1cccc(C(F)(F)F)c1. The van der Waals surface area contributed by atoms with Crippen LogP contribution in [-0.4, -0.2) is 18.5 Å². The fourth-order valence-corrected chi connectivity index (χ4v) is 2.47. The molecule has 2 aromatic carbocycles. The predicted octanol–water partition coefficient (Wildman–Crippen LogP) is 4.57. The molecule has 0 bridgehead atoms. The zero-order chi connectivity index (χ0) is 18.6. The van der Waals surface area contributed by atoms with Crippen LogP contribution in [-0.2, 0) is 15.7 Å². The molecule has 2 rings (SSSR count). The van der Waals surface area contributed by atoms with Gasteiger partial charge < -0.3 is 10.1 Å². The van der Waals surface area contributed by atoms with Crippen LogP contribution in [0.2, 0.25) is 0 Å². The Morgan fingerprint density at radius 1 is 1.16 bits per heavy atom. The standard InChI is InChI=1S/C17H13BrF3NO3/c1-10-7-13(18)5-6-14(10)22-15(23)9-25-16(24)11-3-2-4-12(8-11)17(19,20)21/h2-8H,9H2,1H3,(H,22,23). The summed E-state index contributed by atoms with van der Waals surface area (Å²) in [6.07, 6.45) is -4.56. The Labute approximate surface area is 150 Å². The molecular weight excluding hydrogens is 403 g/mol. The zero-order valence-corrected chi connectivity index (χ0v) is 14.6. The lowest BCUT2D eigenvalue weighted by molar-refractivity contribution is -0.137. The number of aryl methyl sites for hydroxylation is 1. The number of rotatable bonds is 4. The molecule has 1 amide bonds. The van der Waals surface area contributed by atoms with Crippen LogP contribution in [0.1, 0.15) is 21.5 Å². The molecule has 8 heteroatoms. The van der Waals surface area contributed by atoms with Gasteiger partial charge in [0.15, 0.2) is 6.61 Å². The number of nitrogens with one attached hydrogen (secondary N) is 1. The molecule has 0 spiro atoms. The number of benzene rings is 2. The number of esters is 1. The maximum atomic E-state index is 12.6. The summed E-state index contributed by atoms with van der Waals surface area (Å²) >= 11 is 3.30. The van der Waals surface area contributed by atoms with Gasteiger partial charge in [0.2, 0.25) is 0 Å². The first-order chi connectivity index (χ1) is 11.7. The maximum absolute atomic E-state index is 12.6. The fraction of sp³-hybridized carbons (Fsp3) is 0.176. The van der Waals surface area contributed by atoms with E-state index in [1.807, 2.05) is 0 Å². The Bertz CT molecular complexity index is 806. The molecule has 0 radical (unpaired) electrons. The number of alkyl halides is 3. The Kier molecular flexibility index (Phi) is 5.84. The summed E-state index contributed by atoms with van der Waals surface area (Å²) in [6, 6.07) is 9.02. The molecule has 0 saturated carbocycles. The van der Waals surface area contributed by atoms with E-state index in [0.29, 0.717) is 11.8 Å². The van der Waals surface area contributed by atoms with Gasteiger partial charge in [-0.3, -0.25) is 4.79 Å². The quantitative estimate of drug-likeness (QED) is 0.743. The minimum atomic E-state index is -4.56. The molecular formula is C17H13BrF3NO3. The highest BCUT2D eigenvalue weighted by atomic mass is 79.9. The van der Waals surface area contributed by atoms with Gasteiger partial charge in [0.05, 0.1) is 11.1 Å². The van der Waals surface area contributed by atoms with Gasteiger partial charge >= 0.3 is 12.1 Å². The van der Waals surface area contributed by atoms with Gasteiger partial charge in [-0.15, -0.1) is 0 Å². The lowest BCUT2D eigenvalue weighted by atomic mass is 10.1. The topological polar surface area (TPSA) is 55.4 Å². The van der Waals surface area contributed by atoms with Crippen LogP contribution < -0.4 is 5.32 Å². The molecule has 0 aliphatic heterocycles. The Morgan fingerprint density at radius 3 is 2.52 bits per heavy atom. The largest absolute Gasteiger partial charge is 0.452 e. The summed E-state index contributed by atoms with van der Waals surface area (Å²) in [5.41, 5.74) is 0.106. The fourth-order valence-electron chi connectivity index (χ4n) is 1.99. The summed E-state index contributed by atoms with van der Waals surface area (Å²) in [4.78, 5) is 23.6. The number of hydrogen-bond donors (Lipinski definition) is 1. The normalized spacial score (nSPS) is 11.1. The van der Waals surface area contributed by atoms with Gasteiger partial charge in [0.25, 0.3) is 5.91 Å². The number of amides is 1. The van der Waals surface area contributed by atoms with E-state index in [1.165, 1.54) is 6.07 Å². The minimum Gasteiger partial charge on any atom is -0.452 e. The second kappa shape index (κ2) is 7.69. The van der Waals surface area contributed by atoms with Gasteiger partial charge in [0, 0.05) is 10.2 Å². The van der Waals surface area contributed by atoms with Gasteiger partial charge in [-0.2, -0.15) is 13.2 Å². The lowest BCUT2D eigenvalue weighted by Crippen LogP contribution is -2.21. The number of carbonyl (C=O) groups is 2. The molecule has 4 nitrogen and oxygen atoms in total. The number of hydrogen-bond acceptors (Lipinski definition) is 3. The van der Waals surface area contributed by atoms with E-state index < -0.39 is 30.2 Å². The lowest BCUT2D eigenvalue weighted by Gasteiger charge is -2.10. The smallest absolute Gasteiger partial charge is 0.416 e. The van der Waals surface area contributed by atoms with Crippen LogP contribution in [0.15, 0.2) is 46.9 Å². The molecule has 25 heavy (non-hydrogen) atoms. The zero-order valence-electron chi connectivity index (χ0n) is 13.0. The van der Waals surface area contributed by atoms with Crippen LogP contribution in [0.25, 0.3) is 0 Å². The summed E-state index contributed by atoms with van der Waals surface area (Å²) in [5, 5.41) is 2.56. The first-order valence-electron chi connectivity index (χ1n) is 7.07. The van der Waals surface area contributed by atoms with E-state index in [1.54, 1.807) is 25.1 Å². The average Bonchev–Trinajstić information content (AvgIpc) is 2.54. The minimum absolute atomic E-state index is 0.276. The highest BCUT2D eigenvalue weighted by Crippen LogP contribution is 2.29. The van der Waals surface area contributed by atoms with Crippen molar-refractivity contribution in [1.29, 1.82) is 0 Å². The van der Waals surface area contributed by atoms with Crippen molar-refractivity contribution < 1.29 is 27.5 Å². The van der Waals surface area contributed by atoms with E-state index >= 15 is 0 Å². The third-order valence-electron chi connectivity index (χ3n) is 3.22. The van der Waals surface area contributed by atoms with Gasteiger partial charge in [-0.25, -0.2) is 4.79 Å². The van der Waals surface area contributed by atoms with Gasteiger partial charge in [-0.05, 0) is 48.9 Å². The maximum Gasteiger partial charge on any atom is 0.416 e. The Morgan fingerprint density at radius 2 is 1.88 bits per heavy atom. The monoisotopic (exact) mass is 415 g/mol. The van der Waals surface area contributed by atoms with Crippen molar-refractivity contribution in [2.75, 3.05) is 11.9 Å². The van der Waals surface area contributed by atoms with E-state index in [-0.39, 0.29) is 5.56 Å². The van der Waals surface area contributed by atoms with Crippen molar-refractivity contribution in [2.45, 2.75) is 13.1 Å².